The van der Waals surface area contributed by atoms with E-state index in [1.165, 1.54) is 0 Å². The number of pyridine rings is 1. The van der Waals surface area contributed by atoms with Crippen molar-refractivity contribution < 1.29 is 8.98 Å². The van der Waals surface area contributed by atoms with Crippen LogP contribution in [-0.4, -0.2) is 0 Å². The molecule has 2 nitrogen and oxygen atoms in total. The topological polar surface area (TPSA) is 17.0 Å². The van der Waals surface area contributed by atoms with Crippen LogP contribution in [0, 0.1) is 6.92 Å². The largest absolute Gasteiger partial charge is 0.464 e. The monoisotopic (exact) mass is 186 g/mol. The highest BCUT2D eigenvalue weighted by atomic mass is 16.3. The number of rotatable bonds is 2. The first-order chi connectivity index (χ1) is 6.86. The van der Waals surface area contributed by atoms with E-state index >= 15 is 0 Å². The average Bonchev–Trinajstić information content (AvgIpc) is 2.63. The summed E-state index contributed by atoms with van der Waals surface area (Å²) < 4.78 is 7.26. The smallest absolute Gasteiger partial charge is 0.178 e. The summed E-state index contributed by atoms with van der Waals surface area (Å²) in [6.45, 7) is 2.03. The number of aryl methyl sites for hydroxylation is 1. The molecular weight excluding hydrogens is 174 g/mol. The minimum absolute atomic E-state index is 0.904. The Kier molecular flexibility index (Phi) is 2.45. The first kappa shape index (κ1) is 8.75. The Hall–Kier alpha value is -1.83. The Morgan fingerprint density at radius 2 is 2.00 bits per heavy atom. The number of hydrogen-bond acceptors (Lipinski definition) is 1. The maximum absolute atomic E-state index is 5.29. The van der Waals surface area contributed by atoms with Crippen molar-refractivity contribution in [2.24, 2.45) is 0 Å². The molecule has 2 aromatic rings. The maximum Gasteiger partial charge on any atom is 0.178 e. The lowest BCUT2D eigenvalue weighted by Crippen LogP contribution is -2.23. The molecule has 2 heterocycles. The predicted octanol–water partition coefficient (Wildman–Crippen LogP) is 2.50. The van der Waals surface area contributed by atoms with Gasteiger partial charge >= 0.3 is 0 Å². The molecule has 0 radical (unpaired) electrons. The van der Waals surface area contributed by atoms with Crippen molar-refractivity contribution in [1.82, 2.24) is 0 Å². The molecule has 0 saturated carbocycles. The highest BCUT2D eigenvalue weighted by molar-refractivity contribution is 5.54. The van der Waals surface area contributed by atoms with E-state index in [9.17, 15) is 0 Å². The summed E-state index contributed by atoms with van der Waals surface area (Å²) in [5, 5.41) is 0. The highest BCUT2D eigenvalue weighted by Gasteiger charge is 1.97. The normalized spacial score (nSPS) is 10.9. The zero-order chi connectivity index (χ0) is 9.80. The van der Waals surface area contributed by atoms with Gasteiger partial charge in [0.05, 0.1) is 6.26 Å². The quantitative estimate of drug-likeness (QED) is 0.658. The summed E-state index contributed by atoms with van der Waals surface area (Å²) in [5.41, 5.74) is 1.15. The van der Waals surface area contributed by atoms with Gasteiger partial charge in [0.15, 0.2) is 18.6 Å². The lowest BCUT2D eigenvalue weighted by molar-refractivity contribution is -0.567. The molecule has 0 N–H and O–H groups in total. The molecule has 2 heteroatoms. The van der Waals surface area contributed by atoms with E-state index in [1.807, 2.05) is 60.4 Å². The molecule has 2 rings (SSSR count). The lowest BCUT2D eigenvalue weighted by Gasteiger charge is -1.87. The zero-order valence-electron chi connectivity index (χ0n) is 8.05. The van der Waals surface area contributed by atoms with Crippen LogP contribution in [0.3, 0.4) is 0 Å². The predicted molar refractivity (Wildman–Crippen MR) is 55.3 cm³/mol. The van der Waals surface area contributed by atoms with Gasteiger partial charge in [0, 0.05) is 18.2 Å². The Labute approximate surface area is 83.1 Å². The van der Waals surface area contributed by atoms with Crippen molar-refractivity contribution in [3.8, 4) is 0 Å². The molecule has 0 saturated heterocycles. The minimum atomic E-state index is 0.904. The lowest BCUT2D eigenvalue weighted by atomic mass is 10.3. The van der Waals surface area contributed by atoms with Crippen LogP contribution in [0.4, 0.5) is 0 Å². The second kappa shape index (κ2) is 3.92. The van der Waals surface area contributed by atoms with E-state index in [0.29, 0.717) is 0 Å². The van der Waals surface area contributed by atoms with Crippen LogP contribution < -0.4 is 4.57 Å². The summed E-state index contributed by atoms with van der Waals surface area (Å²) >= 11 is 0. The molecule has 0 amide bonds. The van der Waals surface area contributed by atoms with E-state index < -0.39 is 0 Å². The number of nitrogens with zero attached hydrogens (tertiary/aromatic N) is 1. The Bertz CT molecular complexity index is 429. The Balaban J connectivity index is 2.20. The van der Waals surface area contributed by atoms with Crippen LogP contribution in [0.2, 0.25) is 0 Å². The molecule has 0 aliphatic heterocycles. The molecule has 0 unspecified atom stereocenters. The van der Waals surface area contributed by atoms with Gasteiger partial charge in [0.25, 0.3) is 0 Å². The molecule has 0 aliphatic carbocycles. The van der Waals surface area contributed by atoms with Crippen molar-refractivity contribution in [1.29, 1.82) is 0 Å². The third-order valence-electron chi connectivity index (χ3n) is 2.04. The minimum Gasteiger partial charge on any atom is -0.464 e. The van der Waals surface area contributed by atoms with Gasteiger partial charge in [-0.05, 0) is 18.6 Å². The first-order valence-corrected chi connectivity index (χ1v) is 4.54. The third-order valence-corrected chi connectivity index (χ3v) is 2.04. The van der Waals surface area contributed by atoms with Gasteiger partial charge in [0.1, 0.15) is 5.76 Å². The van der Waals surface area contributed by atoms with Gasteiger partial charge in [-0.2, -0.15) is 4.57 Å². The van der Waals surface area contributed by atoms with Gasteiger partial charge in [-0.1, -0.05) is 6.07 Å². The average molecular weight is 186 g/mol. The van der Waals surface area contributed by atoms with Crippen LogP contribution in [0.5, 0.6) is 0 Å². The fourth-order valence-electron chi connectivity index (χ4n) is 1.22. The van der Waals surface area contributed by atoms with Crippen LogP contribution in [-0.2, 0) is 0 Å². The van der Waals surface area contributed by atoms with Gasteiger partial charge in [-0.25, -0.2) is 0 Å². The summed E-state index contributed by atoms with van der Waals surface area (Å²) in [4.78, 5) is 0. The molecule has 0 aliphatic rings. The summed E-state index contributed by atoms with van der Waals surface area (Å²) in [6.07, 6.45) is 9.58. The Morgan fingerprint density at radius 3 is 2.64 bits per heavy atom. The highest BCUT2D eigenvalue weighted by Crippen LogP contribution is 2.09. The molecule has 0 aromatic carbocycles. The fourth-order valence-corrected chi connectivity index (χ4v) is 1.22. The van der Waals surface area contributed by atoms with Crippen molar-refractivity contribution in [3.63, 3.8) is 0 Å². The molecule has 0 spiro atoms. The van der Waals surface area contributed by atoms with Gasteiger partial charge in [0.2, 0.25) is 0 Å². The summed E-state index contributed by atoms with van der Waals surface area (Å²) in [6, 6.07) is 7.91. The van der Waals surface area contributed by atoms with Crippen LogP contribution in [0.15, 0.2) is 47.3 Å². The number of hydrogen-bond donors (Lipinski definition) is 0. The molecule has 2 aromatic heterocycles. The second-order valence-corrected chi connectivity index (χ2v) is 3.11. The van der Waals surface area contributed by atoms with Crippen molar-refractivity contribution in [3.05, 3.63) is 54.2 Å². The first-order valence-electron chi connectivity index (χ1n) is 4.54. The van der Waals surface area contributed by atoms with Crippen molar-refractivity contribution >= 4 is 12.3 Å². The summed E-state index contributed by atoms with van der Waals surface area (Å²) in [7, 11) is 0. The zero-order valence-corrected chi connectivity index (χ0v) is 8.05. The Morgan fingerprint density at radius 1 is 1.21 bits per heavy atom. The number of furan rings is 1. The van der Waals surface area contributed by atoms with E-state index in [2.05, 4.69) is 0 Å². The molecule has 0 atom stereocenters. The number of aromatic nitrogens is 1. The van der Waals surface area contributed by atoms with E-state index in [0.717, 1.165) is 11.3 Å². The molecular formula is C12H12NO+. The van der Waals surface area contributed by atoms with Gasteiger partial charge in [-0.15, -0.1) is 0 Å². The fraction of sp³-hybridized carbons (Fsp3) is 0.0833. The molecule has 14 heavy (non-hydrogen) atoms. The molecule has 0 bridgehead atoms. The molecule has 70 valence electrons. The SMILES string of the molecule is Cc1ccoc1/C=C/[n+]1ccccc1. The van der Waals surface area contributed by atoms with E-state index in [-0.39, 0.29) is 0 Å². The van der Waals surface area contributed by atoms with E-state index in [1.54, 1.807) is 6.26 Å². The van der Waals surface area contributed by atoms with Crippen molar-refractivity contribution in [2.75, 3.05) is 0 Å². The van der Waals surface area contributed by atoms with Crippen LogP contribution in [0.25, 0.3) is 12.3 Å². The van der Waals surface area contributed by atoms with Gasteiger partial charge < -0.3 is 4.42 Å². The van der Waals surface area contributed by atoms with E-state index in [4.69, 9.17) is 4.42 Å². The second-order valence-electron chi connectivity index (χ2n) is 3.11. The van der Waals surface area contributed by atoms with Crippen LogP contribution in [0.1, 0.15) is 11.3 Å². The van der Waals surface area contributed by atoms with Gasteiger partial charge in [-0.3, -0.25) is 0 Å². The third kappa shape index (κ3) is 1.91. The standard InChI is InChI=1S/C12H12NO/c1-11-6-10-14-12(11)5-9-13-7-3-2-4-8-13/h2-10H,1H3/q+1/b9-5+. The summed E-state index contributed by atoms with van der Waals surface area (Å²) in [5.74, 6) is 0.904. The van der Waals surface area contributed by atoms with Crippen molar-refractivity contribution in [2.45, 2.75) is 6.92 Å². The molecule has 0 fully saturated rings. The maximum atomic E-state index is 5.29. The van der Waals surface area contributed by atoms with Crippen LogP contribution >= 0.6 is 0 Å².